The molecule has 2 unspecified atom stereocenters. The van der Waals surface area contributed by atoms with Crippen molar-refractivity contribution in [2.45, 2.75) is 96.3 Å². The minimum Gasteiger partial charge on any atom is -0.465 e. The molecule has 2 saturated heterocycles. The van der Waals surface area contributed by atoms with Crippen LogP contribution in [0.5, 0.6) is 0 Å². The monoisotopic (exact) mass is 352 g/mol. The fourth-order valence-corrected chi connectivity index (χ4v) is 4.02. The number of carbonyl (C=O) groups is 2. The highest BCUT2D eigenvalue weighted by atomic mass is 16.5. The van der Waals surface area contributed by atoms with Gasteiger partial charge in [0.1, 0.15) is 0 Å². The Balaban J connectivity index is 1.33. The molecule has 0 saturated carbocycles. The first-order chi connectivity index (χ1) is 12.3. The minimum atomic E-state index is 0.0349. The van der Waals surface area contributed by atoms with Crippen LogP contribution >= 0.6 is 0 Å². The van der Waals surface area contributed by atoms with Gasteiger partial charge >= 0.3 is 11.9 Å². The Hall–Kier alpha value is -1.06. The van der Waals surface area contributed by atoms with Gasteiger partial charge in [-0.1, -0.05) is 57.8 Å². The lowest BCUT2D eigenvalue weighted by Gasteiger charge is -2.20. The SMILES string of the molecule is O=C1OCCCC1CCCCCCCCCCCC1CCCOC1=O. The number of ether oxygens (including phenoxy) is 2. The summed E-state index contributed by atoms with van der Waals surface area (Å²) in [6.45, 7) is 1.25. The molecule has 0 amide bonds. The van der Waals surface area contributed by atoms with E-state index in [2.05, 4.69) is 0 Å². The smallest absolute Gasteiger partial charge is 0.308 e. The van der Waals surface area contributed by atoms with Crippen molar-refractivity contribution in [2.24, 2.45) is 11.8 Å². The predicted molar refractivity (Wildman–Crippen MR) is 98.2 cm³/mol. The van der Waals surface area contributed by atoms with E-state index < -0.39 is 0 Å². The molecule has 0 spiro atoms. The number of esters is 2. The summed E-state index contributed by atoms with van der Waals surface area (Å²) >= 11 is 0. The van der Waals surface area contributed by atoms with Crippen LogP contribution in [0.1, 0.15) is 96.3 Å². The van der Waals surface area contributed by atoms with Crippen LogP contribution in [0, 0.1) is 11.8 Å². The van der Waals surface area contributed by atoms with E-state index in [1.54, 1.807) is 0 Å². The zero-order valence-electron chi connectivity index (χ0n) is 15.8. The minimum absolute atomic E-state index is 0.0349. The maximum absolute atomic E-state index is 11.6. The Morgan fingerprint density at radius 1 is 0.600 bits per heavy atom. The quantitative estimate of drug-likeness (QED) is 0.358. The number of cyclic esters (lactones) is 2. The third-order valence-corrected chi connectivity index (χ3v) is 5.65. The summed E-state index contributed by atoms with van der Waals surface area (Å²) in [5.74, 6) is 0.422. The topological polar surface area (TPSA) is 52.6 Å². The highest BCUT2D eigenvalue weighted by Crippen LogP contribution is 2.23. The van der Waals surface area contributed by atoms with E-state index in [9.17, 15) is 9.59 Å². The maximum Gasteiger partial charge on any atom is 0.308 e. The third-order valence-electron chi connectivity index (χ3n) is 5.65. The second-order valence-electron chi connectivity index (χ2n) is 7.77. The highest BCUT2D eigenvalue weighted by Gasteiger charge is 2.23. The summed E-state index contributed by atoms with van der Waals surface area (Å²) in [4.78, 5) is 23.1. The normalized spacial score (nSPS) is 24.0. The molecular formula is C21H36O4. The van der Waals surface area contributed by atoms with Gasteiger partial charge in [-0.2, -0.15) is 0 Å². The standard InChI is InChI=1S/C21H36O4/c22-20-18(14-10-16-24-20)12-8-6-4-2-1-3-5-7-9-13-19-15-11-17-25-21(19)23/h18-19H,1-17H2. The van der Waals surface area contributed by atoms with Crippen molar-refractivity contribution in [3.05, 3.63) is 0 Å². The van der Waals surface area contributed by atoms with Crippen molar-refractivity contribution in [3.63, 3.8) is 0 Å². The average Bonchev–Trinajstić information content (AvgIpc) is 2.62. The predicted octanol–water partition coefficient (Wildman–Crippen LogP) is 5.18. The number of unbranched alkanes of at least 4 members (excludes halogenated alkanes) is 8. The molecule has 0 bridgehead atoms. The van der Waals surface area contributed by atoms with Gasteiger partial charge in [0.15, 0.2) is 0 Å². The molecular weight excluding hydrogens is 316 g/mol. The lowest BCUT2D eigenvalue weighted by molar-refractivity contribution is -0.154. The molecule has 2 heterocycles. The van der Waals surface area contributed by atoms with E-state index >= 15 is 0 Å². The summed E-state index contributed by atoms with van der Waals surface area (Å²) in [6, 6.07) is 0. The Morgan fingerprint density at radius 3 is 1.32 bits per heavy atom. The number of carbonyl (C=O) groups excluding carboxylic acids is 2. The van der Waals surface area contributed by atoms with Crippen LogP contribution in [0.25, 0.3) is 0 Å². The van der Waals surface area contributed by atoms with Crippen molar-refractivity contribution >= 4 is 11.9 Å². The fraction of sp³-hybridized carbons (Fsp3) is 0.905. The van der Waals surface area contributed by atoms with Crippen LogP contribution in [0.3, 0.4) is 0 Å². The molecule has 144 valence electrons. The first-order valence-electron chi connectivity index (χ1n) is 10.6. The lowest BCUT2D eigenvalue weighted by Crippen LogP contribution is -2.23. The Morgan fingerprint density at radius 2 is 0.960 bits per heavy atom. The van der Waals surface area contributed by atoms with E-state index in [1.807, 2.05) is 0 Å². The zero-order chi connectivity index (χ0) is 17.7. The molecule has 0 N–H and O–H groups in total. The second kappa shape index (κ2) is 12.3. The second-order valence-corrected chi connectivity index (χ2v) is 7.77. The molecule has 4 heteroatoms. The molecule has 0 radical (unpaired) electrons. The Kier molecular flexibility index (Phi) is 9.98. The van der Waals surface area contributed by atoms with E-state index in [4.69, 9.17) is 9.47 Å². The van der Waals surface area contributed by atoms with Gasteiger partial charge in [-0.25, -0.2) is 0 Å². The van der Waals surface area contributed by atoms with Gasteiger partial charge in [0.25, 0.3) is 0 Å². The van der Waals surface area contributed by atoms with Crippen LogP contribution in [-0.4, -0.2) is 25.2 Å². The van der Waals surface area contributed by atoms with Crippen LogP contribution in [0.2, 0.25) is 0 Å². The highest BCUT2D eigenvalue weighted by molar-refractivity contribution is 5.73. The van der Waals surface area contributed by atoms with Crippen LogP contribution in [0.15, 0.2) is 0 Å². The Bertz CT molecular complexity index is 357. The van der Waals surface area contributed by atoms with Crippen molar-refractivity contribution in [3.8, 4) is 0 Å². The largest absolute Gasteiger partial charge is 0.465 e. The molecule has 25 heavy (non-hydrogen) atoms. The van der Waals surface area contributed by atoms with Crippen molar-refractivity contribution in [2.75, 3.05) is 13.2 Å². The lowest BCUT2D eigenvalue weighted by atomic mass is 9.94. The number of hydrogen-bond acceptors (Lipinski definition) is 4. The van der Waals surface area contributed by atoms with Crippen molar-refractivity contribution in [1.29, 1.82) is 0 Å². The van der Waals surface area contributed by atoms with Crippen molar-refractivity contribution in [1.82, 2.24) is 0 Å². The molecule has 2 fully saturated rings. The van der Waals surface area contributed by atoms with Crippen LogP contribution < -0.4 is 0 Å². The van der Waals surface area contributed by atoms with E-state index in [0.717, 1.165) is 51.4 Å². The molecule has 2 aliphatic rings. The van der Waals surface area contributed by atoms with Gasteiger partial charge in [0.2, 0.25) is 0 Å². The van der Waals surface area contributed by atoms with Crippen LogP contribution in [0.4, 0.5) is 0 Å². The molecule has 0 aliphatic carbocycles. The molecule has 0 aromatic carbocycles. The van der Waals surface area contributed by atoms with Gasteiger partial charge < -0.3 is 9.47 Å². The summed E-state index contributed by atoms with van der Waals surface area (Å²) in [6.07, 6.45) is 17.5. The first kappa shape index (κ1) is 20.3. The first-order valence-corrected chi connectivity index (χ1v) is 10.6. The van der Waals surface area contributed by atoms with Gasteiger partial charge in [-0.05, 0) is 38.5 Å². The van der Waals surface area contributed by atoms with E-state index in [-0.39, 0.29) is 23.8 Å². The summed E-state index contributed by atoms with van der Waals surface area (Å²) in [7, 11) is 0. The van der Waals surface area contributed by atoms with E-state index in [0.29, 0.717) is 13.2 Å². The third kappa shape index (κ3) is 8.24. The number of rotatable bonds is 12. The average molecular weight is 353 g/mol. The van der Waals surface area contributed by atoms with E-state index in [1.165, 1.54) is 44.9 Å². The van der Waals surface area contributed by atoms with Crippen LogP contribution in [-0.2, 0) is 19.1 Å². The fourth-order valence-electron chi connectivity index (χ4n) is 4.02. The van der Waals surface area contributed by atoms with Crippen molar-refractivity contribution < 1.29 is 19.1 Å². The van der Waals surface area contributed by atoms with Gasteiger partial charge in [0, 0.05) is 0 Å². The summed E-state index contributed by atoms with van der Waals surface area (Å²) < 4.78 is 10.2. The Labute approximate surface area is 153 Å². The summed E-state index contributed by atoms with van der Waals surface area (Å²) in [5.41, 5.74) is 0. The molecule has 4 nitrogen and oxygen atoms in total. The molecule has 2 atom stereocenters. The molecule has 0 aromatic rings. The van der Waals surface area contributed by atoms with Gasteiger partial charge in [0.05, 0.1) is 25.0 Å². The molecule has 2 rings (SSSR count). The molecule has 2 aliphatic heterocycles. The zero-order valence-corrected chi connectivity index (χ0v) is 15.8. The van der Waals surface area contributed by atoms with Gasteiger partial charge in [-0.15, -0.1) is 0 Å². The van der Waals surface area contributed by atoms with Gasteiger partial charge in [-0.3, -0.25) is 9.59 Å². The maximum atomic E-state index is 11.6. The molecule has 0 aromatic heterocycles. The summed E-state index contributed by atoms with van der Waals surface area (Å²) in [5, 5.41) is 0. The number of hydrogen-bond donors (Lipinski definition) is 0.